The molecule has 2 aliphatic rings. The quantitative estimate of drug-likeness (QED) is 0.370. The van der Waals surface area contributed by atoms with E-state index in [1.54, 1.807) is 4.40 Å². The van der Waals surface area contributed by atoms with Crippen LogP contribution in [0.1, 0.15) is 40.9 Å². The van der Waals surface area contributed by atoms with Crippen molar-refractivity contribution in [3.63, 3.8) is 0 Å². The number of rotatable bonds is 5. The summed E-state index contributed by atoms with van der Waals surface area (Å²) in [5, 5.41) is 4.86. The number of benzene rings is 2. The first-order valence-electron chi connectivity index (χ1n) is 12.8. The molecule has 6 rings (SSSR count). The van der Waals surface area contributed by atoms with Crippen molar-refractivity contribution >= 4 is 28.3 Å². The number of imidazole rings is 1. The Labute approximate surface area is 220 Å². The largest absolute Gasteiger partial charge is 0.414 e. The molecule has 1 saturated heterocycles. The third kappa shape index (κ3) is 4.39. The average molecular weight is 515 g/mol. The monoisotopic (exact) mass is 514 g/mol. The summed E-state index contributed by atoms with van der Waals surface area (Å²) >= 11 is 1.49. The maximum Gasteiger partial charge on any atom is 0.414 e. The molecule has 4 aromatic rings. The van der Waals surface area contributed by atoms with Crippen molar-refractivity contribution in [1.29, 1.82) is 0 Å². The highest BCUT2D eigenvalue weighted by Gasteiger charge is 2.46. The van der Waals surface area contributed by atoms with E-state index < -0.39 is 6.09 Å². The lowest BCUT2D eigenvalue weighted by atomic mass is 9.93. The van der Waals surface area contributed by atoms with Crippen molar-refractivity contribution < 1.29 is 14.3 Å². The highest BCUT2D eigenvalue weighted by Crippen LogP contribution is 2.43. The molecule has 37 heavy (non-hydrogen) atoms. The number of nitrogens with zero attached hydrogens (tertiary/aromatic N) is 3. The summed E-state index contributed by atoms with van der Waals surface area (Å²) in [5.41, 5.74) is 4.51. The van der Waals surface area contributed by atoms with E-state index >= 15 is 0 Å². The van der Waals surface area contributed by atoms with Gasteiger partial charge in [-0.2, -0.15) is 0 Å². The van der Waals surface area contributed by atoms with E-state index in [1.165, 1.54) is 17.8 Å². The van der Waals surface area contributed by atoms with Gasteiger partial charge in [0.25, 0.3) is 5.91 Å². The van der Waals surface area contributed by atoms with Crippen LogP contribution < -0.4 is 10.1 Å². The van der Waals surface area contributed by atoms with Gasteiger partial charge < -0.3 is 15.0 Å². The van der Waals surface area contributed by atoms with Crippen LogP contribution in [-0.4, -0.2) is 45.4 Å². The number of carbonyl (C=O) groups excluding carboxylic acids is 2. The molecule has 2 aromatic carbocycles. The molecule has 0 bridgehead atoms. The van der Waals surface area contributed by atoms with Gasteiger partial charge in [0.05, 0.1) is 6.04 Å². The van der Waals surface area contributed by atoms with Crippen LogP contribution in [-0.2, 0) is 0 Å². The van der Waals surface area contributed by atoms with Gasteiger partial charge in [0.15, 0.2) is 4.96 Å². The zero-order chi connectivity index (χ0) is 25.5. The highest BCUT2D eigenvalue weighted by atomic mass is 32.1. The summed E-state index contributed by atoms with van der Waals surface area (Å²) in [6, 6.07) is 16.0. The second kappa shape index (κ2) is 9.67. The maximum atomic E-state index is 14.0. The van der Waals surface area contributed by atoms with Crippen LogP contribution in [0, 0.1) is 25.7 Å². The zero-order valence-electron chi connectivity index (χ0n) is 21.0. The number of amides is 2. The molecule has 3 atom stereocenters. The van der Waals surface area contributed by atoms with E-state index in [0.29, 0.717) is 35.5 Å². The van der Waals surface area contributed by atoms with Crippen molar-refractivity contribution in [2.45, 2.75) is 39.2 Å². The van der Waals surface area contributed by atoms with Crippen LogP contribution in [0.4, 0.5) is 4.79 Å². The summed E-state index contributed by atoms with van der Waals surface area (Å²) in [4.78, 5) is 34.0. The third-order valence-corrected chi connectivity index (χ3v) is 8.57. The first kappa shape index (κ1) is 23.7. The van der Waals surface area contributed by atoms with E-state index in [-0.39, 0.29) is 11.9 Å². The Hall–Kier alpha value is -3.65. The fourth-order valence-corrected chi connectivity index (χ4v) is 6.86. The lowest BCUT2D eigenvalue weighted by Crippen LogP contribution is -2.46. The number of aromatic nitrogens is 2. The van der Waals surface area contributed by atoms with E-state index in [9.17, 15) is 9.59 Å². The van der Waals surface area contributed by atoms with Gasteiger partial charge in [0, 0.05) is 30.2 Å². The smallest absolute Gasteiger partial charge is 0.391 e. The number of aryl methyl sites for hydroxylation is 2. The summed E-state index contributed by atoms with van der Waals surface area (Å²) in [6.07, 6.45) is 4.69. The fourth-order valence-electron chi connectivity index (χ4n) is 6.11. The molecule has 3 heterocycles. The fraction of sp³-hybridized carbons (Fsp3) is 0.345. The molecule has 2 fully saturated rings. The molecular weight excluding hydrogens is 484 g/mol. The van der Waals surface area contributed by atoms with Crippen LogP contribution in [0.3, 0.4) is 0 Å². The number of thiazole rings is 1. The topological polar surface area (TPSA) is 75.9 Å². The third-order valence-electron chi connectivity index (χ3n) is 7.82. The van der Waals surface area contributed by atoms with E-state index in [0.717, 1.165) is 41.0 Å². The number of carbonyl (C=O) groups is 2. The van der Waals surface area contributed by atoms with E-state index in [4.69, 9.17) is 4.74 Å². The Morgan fingerprint density at radius 2 is 2.00 bits per heavy atom. The van der Waals surface area contributed by atoms with Gasteiger partial charge in [0.1, 0.15) is 5.69 Å². The molecular formula is C29H30N4O3S. The van der Waals surface area contributed by atoms with Gasteiger partial charge in [0.2, 0.25) is 5.88 Å². The Morgan fingerprint density at radius 1 is 1.14 bits per heavy atom. The average Bonchev–Trinajstić information content (AvgIpc) is 3.66. The number of nitrogens with one attached hydrogen (secondary N) is 1. The van der Waals surface area contributed by atoms with Gasteiger partial charge in [-0.25, -0.2) is 9.78 Å². The Kier molecular flexibility index (Phi) is 6.20. The normalized spacial score (nSPS) is 20.8. The first-order valence-corrected chi connectivity index (χ1v) is 13.7. The minimum atomic E-state index is -0.523. The second-order valence-electron chi connectivity index (χ2n) is 10.1. The van der Waals surface area contributed by atoms with Gasteiger partial charge in [-0.1, -0.05) is 54.4 Å². The lowest BCUT2D eigenvalue weighted by Gasteiger charge is -2.29. The van der Waals surface area contributed by atoms with E-state index in [1.807, 2.05) is 53.7 Å². The predicted molar refractivity (Wildman–Crippen MR) is 144 cm³/mol. The number of fused-ring (bicyclic) bond motifs is 2. The molecule has 1 saturated carbocycles. The Morgan fingerprint density at radius 3 is 2.86 bits per heavy atom. The molecule has 1 N–H and O–H groups in total. The van der Waals surface area contributed by atoms with Gasteiger partial charge >= 0.3 is 6.09 Å². The highest BCUT2D eigenvalue weighted by molar-refractivity contribution is 7.15. The molecule has 2 amide bonds. The molecule has 0 spiro atoms. The van der Waals surface area contributed by atoms with Crippen molar-refractivity contribution in [2.24, 2.45) is 11.8 Å². The lowest BCUT2D eigenvalue weighted by molar-refractivity contribution is 0.0711. The first-order chi connectivity index (χ1) is 18.0. The van der Waals surface area contributed by atoms with Crippen LogP contribution >= 0.6 is 11.3 Å². The molecule has 8 heteroatoms. The molecule has 190 valence electrons. The van der Waals surface area contributed by atoms with E-state index in [2.05, 4.69) is 35.4 Å². The molecule has 0 radical (unpaired) electrons. The van der Waals surface area contributed by atoms with Gasteiger partial charge in [-0.15, -0.1) is 11.3 Å². The minimum absolute atomic E-state index is 0.0262. The molecule has 1 aliphatic carbocycles. The standard InChI is InChI=1S/C29H30N4O3S/c1-18-7-5-8-20(15-18)22-10-3-4-11-24(22)26(34)33-17-21-9-6-12-23(21)25(33)16-30-29(35)36-27-19(2)31-28-32(27)13-14-37-28/h3-5,7-8,10-11,13-15,21,23,25H,6,9,12,16-17H2,1-2H3,(H,30,35)/t21-,23-,25+/m0/s1. The molecule has 0 unspecified atom stereocenters. The number of ether oxygens (including phenoxy) is 1. The molecule has 7 nitrogen and oxygen atoms in total. The van der Waals surface area contributed by atoms with Crippen molar-refractivity contribution in [3.8, 4) is 17.0 Å². The number of likely N-dealkylation sites (tertiary alicyclic amines) is 1. The molecule has 1 aliphatic heterocycles. The minimum Gasteiger partial charge on any atom is -0.391 e. The second-order valence-corrected chi connectivity index (χ2v) is 11.0. The summed E-state index contributed by atoms with van der Waals surface area (Å²) < 4.78 is 7.43. The van der Waals surface area contributed by atoms with Crippen LogP contribution in [0.15, 0.2) is 60.1 Å². The van der Waals surface area contributed by atoms with Crippen molar-refractivity contribution in [3.05, 3.63) is 76.9 Å². The Balaban J connectivity index is 1.22. The maximum absolute atomic E-state index is 14.0. The zero-order valence-corrected chi connectivity index (χ0v) is 21.8. The van der Waals surface area contributed by atoms with Crippen molar-refractivity contribution in [1.82, 2.24) is 19.6 Å². The number of hydrogen-bond donors (Lipinski definition) is 1. The SMILES string of the molecule is Cc1cccc(-c2ccccc2C(=O)N2C[C@@H]3CCC[C@@H]3[C@H]2CNC(=O)Oc2c(C)nc3sccn23)c1. The summed E-state index contributed by atoms with van der Waals surface area (Å²) in [5.74, 6) is 1.31. The summed E-state index contributed by atoms with van der Waals surface area (Å²) in [6.45, 7) is 4.98. The van der Waals surface area contributed by atoms with Gasteiger partial charge in [-0.3, -0.25) is 9.20 Å². The predicted octanol–water partition coefficient (Wildman–Crippen LogP) is 5.71. The van der Waals surface area contributed by atoms with Crippen LogP contribution in [0.25, 0.3) is 16.1 Å². The van der Waals surface area contributed by atoms with Crippen LogP contribution in [0.5, 0.6) is 5.88 Å². The van der Waals surface area contributed by atoms with Crippen LogP contribution in [0.2, 0.25) is 0 Å². The number of hydrogen-bond acceptors (Lipinski definition) is 5. The van der Waals surface area contributed by atoms with Gasteiger partial charge in [-0.05, 0) is 55.7 Å². The summed E-state index contributed by atoms with van der Waals surface area (Å²) in [7, 11) is 0. The molecule has 2 aromatic heterocycles. The Bertz CT molecular complexity index is 1470. The van der Waals surface area contributed by atoms with Crippen molar-refractivity contribution in [2.75, 3.05) is 13.1 Å².